The highest BCUT2D eigenvalue weighted by Gasteiger charge is 2.77. The Labute approximate surface area is 274 Å². The van der Waals surface area contributed by atoms with E-state index in [1.54, 1.807) is 24.3 Å². The lowest BCUT2D eigenvalue weighted by Crippen LogP contribution is -2.80. The van der Waals surface area contributed by atoms with Crippen LogP contribution in [0.4, 0.5) is 0 Å². The molecular weight excluding hydrogens is 604 g/mol. The predicted molar refractivity (Wildman–Crippen MR) is 174 cm³/mol. The Morgan fingerprint density at radius 3 is 2.11 bits per heavy atom. The third kappa shape index (κ3) is 5.27. The van der Waals surface area contributed by atoms with E-state index in [4.69, 9.17) is 23.4 Å². The zero-order chi connectivity index (χ0) is 34.2. The molecular formula is C36H52O9Si. The first kappa shape index (κ1) is 34.8. The van der Waals surface area contributed by atoms with Gasteiger partial charge in [0.05, 0.1) is 24.2 Å². The van der Waals surface area contributed by atoms with E-state index in [0.717, 1.165) is 11.1 Å². The number of fused-ring (bicyclic) bond motifs is 5. The van der Waals surface area contributed by atoms with Crippen molar-refractivity contribution in [3.63, 3.8) is 0 Å². The van der Waals surface area contributed by atoms with Crippen molar-refractivity contribution in [2.45, 2.75) is 124 Å². The Bertz CT molecular complexity index is 1420. The fourth-order valence-corrected chi connectivity index (χ4v) is 10.5. The number of hydrogen-bond acceptors (Lipinski definition) is 9. The zero-order valence-electron chi connectivity index (χ0n) is 29.3. The van der Waals surface area contributed by atoms with E-state index < -0.39 is 78.4 Å². The van der Waals surface area contributed by atoms with Crippen LogP contribution in [-0.2, 0) is 33.0 Å². The topological polar surface area (TPSA) is 118 Å². The highest BCUT2D eigenvalue weighted by Crippen LogP contribution is 2.69. The predicted octanol–water partition coefficient (Wildman–Crippen LogP) is 5.85. The minimum atomic E-state index is -2.12. The highest BCUT2D eigenvalue weighted by atomic mass is 28.4. The first-order chi connectivity index (χ1) is 21.2. The molecule has 0 spiro atoms. The van der Waals surface area contributed by atoms with Gasteiger partial charge < -0.3 is 28.5 Å². The van der Waals surface area contributed by atoms with Gasteiger partial charge in [0.1, 0.15) is 24.4 Å². The summed E-state index contributed by atoms with van der Waals surface area (Å²) in [6.07, 6.45) is -2.94. The van der Waals surface area contributed by atoms with Gasteiger partial charge in [-0.15, -0.1) is 0 Å². The highest BCUT2D eigenvalue weighted by molar-refractivity contribution is 6.69. The molecule has 1 aromatic rings. The zero-order valence-corrected chi connectivity index (χ0v) is 30.3. The van der Waals surface area contributed by atoms with Crippen molar-refractivity contribution < 1.29 is 42.9 Å². The second kappa shape index (κ2) is 11.6. The van der Waals surface area contributed by atoms with E-state index in [2.05, 4.69) is 47.3 Å². The monoisotopic (exact) mass is 656 g/mol. The molecule has 1 aromatic carbocycles. The van der Waals surface area contributed by atoms with E-state index >= 15 is 0 Å². The molecule has 1 saturated heterocycles. The maximum absolute atomic E-state index is 14.2. The molecule has 0 aromatic heterocycles. The summed E-state index contributed by atoms with van der Waals surface area (Å²) in [4.78, 5) is 40.0. The molecule has 9 nitrogen and oxygen atoms in total. The Balaban J connectivity index is 1.86. The lowest BCUT2D eigenvalue weighted by Gasteiger charge is -2.70. The summed E-state index contributed by atoms with van der Waals surface area (Å²) in [6.45, 7) is 21.5. The molecule has 2 bridgehead atoms. The van der Waals surface area contributed by atoms with E-state index in [-0.39, 0.29) is 18.6 Å². The lowest BCUT2D eigenvalue weighted by atomic mass is 9.40. The van der Waals surface area contributed by atoms with Crippen molar-refractivity contribution >= 4 is 26.2 Å². The van der Waals surface area contributed by atoms with Gasteiger partial charge in [-0.3, -0.25) is 9.59 Å². The van der Waals surface area contributed by atoms with Crippen LogP contribution in [0.15, 0.2) is 41.5 Å². The van der Waals surface area contributed by atoms with Gasteiger partial charge >= 0.3 is 17.9 Å². The Hall–Kier alpha value is -2.53. The third-order valence-corrected chi connectivity index (χ3v) is 13.0. The number of benzene rings is 1. The van der Waals surface area contributed by atoms with Gasteiger partial charge in [0.2, 0.25) is 0 Å². The second-order valence-electron chi connectivity index (χ2n) is 16.1. The van der Waals surface area contributed by atoms with E-state index in [9.17, 15) is 19.5 Å². The quantitative estimate of drug-likeness (QED) is 0.174. The maximum atomic E-state index is 14.2. The molecule has 1 N–H and O–H groups in total. The molecule has 3 fully saturated rings. The number of aliphatic hydroxyl groups excluding tert-OH is 1. The summed E-state index contributed by atoms with van der Waals surface area (Å²) in [5, 5.41) is 12.6. The van der Waals surface area contributed by atoms with Crippen molar-refractivity contribution in [3.05, 3.63) is 47.0 Å². The van der Waals surface area contributed by atoms with Gasteiger partial charge in [-0.1, -0.05) is 52.8 Å². The molecule has 1 aliphatic heterocycles. The van der Waals surface area contributed by atoms with Crippen molar-refractivity contribution in [2.75, 3.05) is 6.61 Å². The van der Waals surface area contributed by atoms with Crippen molar-refractivity contribution in [3.8, 4) is 0 Å². The average Bonchev–Trinajstić information content (AvgIpc) is 2.93. The fourth-order valence-electron chi connectivity index (χ4n) is 9.38. The molecule has 2 saturated carbocycles. The van der Waals surface area contributed by atoms with E-state index in [1.165, 1.54) is 13.8 Å². The number of hydrogen-bond donors (Lipinski definition) is 1. The van der Waals surface area contributed by atoms with E-state index in [0.29, 0.717) is 18.4 Å². The molecule has 4 aliphatic rings. The molecule has 10 atom stereocenters. The van der Waals surface area contributed by atoms with Gasteiger partial charge in [-0.2, -0.15) is 0 Å². The van der Waals surface area contributed by atoms with Crippen LogP contribution in [-0.4, -0.2) is 74.1 Å². The fraction of sp³-hybridized carbons (Fsp3) is 0.694. The first-order valence-corrected chi connectivity index (χ1v) is 19.9. The standard InChI is InChI=1S/C36H52O9Si/c1-20-17-26-36(19-41-26,44-23(4)38)29-31(43-32(40)24-15-13-12-14-16-24)34(7)18-25(45-46(9,10)11)21(2)27(33(34,5)6)28(39)30(35(20,29)8)42-22(3)37/h12-16,20,25-26,28-31,39H,17-19H2,1-11H3/t20-,25-,26+,28+,29?,30+,31-,34-,35+,36-/m0/s1. The number of carbonyl (C=O) groups is 3. The minimum Gasteiger partial charge on any atom is -0.459 e. The molecule has 0 amide bonds. The van der Waals surface area contributed by atoms with Gasteiger partial charge in [0.25, 0.3) is 0 Å². The normalized spacial score (nSPS) is 39.9. The maximum Gasteiger partial charge on any atom is 0.338 e. The number of carbonyl (C=O) groups excluding carboxylic acids is 3. The van der Waals surface area contributed by atoms with Crippen LogP contribution in [0, 0.1) is 28.1 Å². The van der Waals surface area contributed by atoms with Crippen LogP contribution in [0.5, 0.6) is 0 Å². The van der Waals surface area contributed by atoms with Gasteiger partial charge in [-0.05, 0) is 74.0 Å². The Kier molecular flexibility index (Phi) is 8.75. The van der Waals surface area contributed by atoms with E-state index in [1.807, 2.05) is 19.9 Å². The Morgan fingerprint density at radius 1 is 0.957 bits per heavy atom. The Morgan fingerprint density at radius 2 is 1.59 bits per heavy atom. The molecule has 10 heteroatoms. The summed E-state index contributed by atoms with van der Waals surface area (Å²) in [6, 6.07) is 8.86. The van der Waals surface area contributed by atoms with Gasteiger partial charge in [0, 0.05) is 24.7 Å². The molecule has 254 valence electrons. The molecule has 1 unspecified atom stereocenters. The summed E-state index contributed by atoms with van der Waals surface area (Å²) in [5.41, 5.74) is -1.78. The van der Waals surface area contributed by atoms with Crippen molar-refractivity contribution in [2.24, 2.45) is 28.1 Å². The summed E-state index contributed by atoms with van der Waals surface area (Å²) in [7, 11) is -2.12. The molecule has 3 aliphatic carbocycles. The van der Waals surface area contributed by atoms with Crippen LogP contribution in [0.2, 0.25) is 19.6 Å². The number of esters is 3. The lowest BCUT2D eigenvalue weighted by molar-refractivity contribution is -0.353. The molecule has 5 rings (SSSR count). The average molecular weight is 657 g/mol. The molecule has 1 heterocycles. The molecule has 0 radical (unpaired) electrons. The summed E-state index contributed by atoms with van der Waals surface area (Å²) < 4.78 is 32.3. The number of rotatable bonds is 6. The summed E-state index contributed by atoms with van der Waals surface area (Å²) in [5.74, 6) is -2.42. The van der Waals surface area contributed by atoms with Crippen LogP contribution in [0.25, 0.3) is 0 Å². The van der Waals surface area contributed by atoms with Crippen LogP contribution >= 0.6 is 0 Å². The number of aliphatic hydroxyl groups is 1. The third-order valence-electron chi connectivity index (χ3n) is 12.0. The smallest absolute Gasteiger partial charge is 0.338 e. The SMILES string of the molecule is CC(=O)O[C@@H]1[C@H](O)C2=C(C)[C@@H](O[Si](C)(C)C)C[C@@](C)([C@@H](OC(=O)c3ccccc3)C3[C@@]1(C)[C@@H](C)C[C@H]1OC[C@@]31OC(C)=O)C2(C)C. The minimum absolute atomic E-state index is 0.0968. The summed E-state index contributed by atoms with van der Waals surface area (Å²) >= 11 is 0. The number of ether oxygens (including phenoxy) is 4. The van der Waals surface area contributed by atoms with Crippen LogP contribution < -0.4 is 0 Å². The van der Waals surface area contributed by atoms with Crippen LogP contribution in [0.1, 0.15) is 78.6 Å². The van der Waals surface area contributed by atoms with Crippen molar-refractivity contribution in [1.82, 2.24) is 0 Å². The molecule has 46 heavy (non-hydrogen) atoms. The largest absolute Gasteiger partial charge is 0.459 e. The van der Waals surface area contributed by atoms with Gasteiger partial charge in [-0.25, -0.2) is 4.79 Å². The van der Waals surface area contributed by atoms with Crippen molar-refractivity contribution in [1.29, 1.82) is 0 Å². The first-order valence-electron chi connectivity index (χ1n) is 16.5. The second-order valence-corrected chi connectivity index (χ2v) is 20.5. The van der Waals surface area contributed by atoms with Gasteiger partial charge in [0.15, 0.2) is 13.9 Å². The van der Waals surface area contributed by atoms with Crippen LogP contribution in [0.3, 0.4) is 0 Å².